The summed E-state index contributed by atoms with van der Waals surface area (Å²) >= 11 is 11.8. The molecule has 0 fully saturated rings. The van der Waals surface area contributed by atoms with Crippen LogP contribution in [0.25, 0.3) is 0 Å². The molecule has 0 heterocycles. The van der Waals surface area contributed by atoms with Crippen LogP contribution in [0.5, 0.6) is 0 Å². The summed E-state index contributed by atoms with van der Waals surface area (Å²) in [4.78, 5) is 23.4. The molecule has 0 atom stereocenters. The molecule has 0 spiro atoms. The molecule has 0 bridgehead atoms. The Balaban J connectivity index is 1.93. The monoisotopic (exact) mass is 341 g/mol. The van der Waals surface area contributed by atoms with Crippen molar-refractivity contribution in [3.63, 3.8) is 0 Å². The van der Waals surface area contributed by atoms with Crippen LogP contribution in [-0.2, 0) is 9.53 Å². The number of rotatable bonds is 4. The van der Waals surface area contributed by atoms with Gasteiger partial charge in [0.15, 0.2) is 6.61 Å². The largest absolute Gasteiger partial charge is 0.452 e. The number of hydrogen-bond donors (Lipinski definition) is 1. The normalized spacial score (nSPS) is 10.1. The average molecular weight is 342 g/mol. The number of para-hydroxylation sites is 1. The fraction of sp³-hybridized carbons (Fsp3) is 0.0667. The second-order valence-corrected chi connectivity index (χ2v) is 5.04. The Labute approximate surface area is 135 Å². The topological polar surface area (TPSA) is 55.4 Å². The summed E-state index contributed by atoms with van der Waals surface area (Å²) in [6.07, 6.45) is 0. The molecule has 0 radical (unpaired) electrons. The predicted molar refractivity (Wildman–Crippen MR) is 81.8 cm³/mol. The Hall–Kier alpha value is -2.11. The van der Waals surface area contributed by atoms with Gasteiger partial charge in [-0.25, -0.2) is 9.18 Å². The van der Waals surface area contributed by atoms with Crippen LogP contribution in [0.3, 0.4) is 0 Å². The summed E-state index contributed by atoms with van der Waals surface area (Å²) in [5.41, 5.74) is 0.388. The number of nitrogens with one attached hydrogen (secondary N) is 1. The first-order valence-corrected chi connectivity index (χ1v) is 6.89. The standard InChI is InChI=1S/C15H10Cl2FNO3/c16-11-2-1-3-12(17)14(11)19-13(20)8-22-15(21)9-4-6-10(18)7-5-9/h1-7H,8H2,(H,19,20). The van der Waals surface area contributed by atoms with E-state index in [0.29, 0.717) is 0 Å². The van der Waals surface area contributed by atoms with E-state index in [2.05, 4.69) is 5.32 Å². The first kappa shape index (κ1) is 16.3. The van der Waals surface area contributed by atoms with Gasteiger partial charge in [0, 0.05) is 0 Å². The molecule has 0 saturated heterocycles. The van der Waals surface area contributed by atoms with Gasteiger partial charge in [0.2, 0.25) is 0 Å². The van der Waals surface area contributed by atoms with E-state index in [1.165, 1.54) is 12.1 Å². The van der Waals surface area contributed by atoms with Gasteiger partial charge in [-0.2, -0.15) is 0 Å². The fourth-order valence-electron chi connectivity index (χ4n) is 1.59. The number of amides is 1. The first-order chi connectivity index (χ1) is 10.5. The van der Waals surface area contributed by atoms with Crippen molar-refractivity contribution in [2.75, 3.05) is 11.9 Å². The van der Waals surface area contributed by atoms with Crippen molar-refractivity contribution in [1.82, 2.24) is 0 Å². The molecule has 0 aliphatic heterocycles. The molecule has 0 aliphatic carbocycles. The second kappa shape index (κ2) is 7.24. The Morgan fingerprint density at radius 3 is 2.23 bits per heavy atom. The first-order valence-electron chi connectivity index (χ1n) is 6.14. The van der Waals surface area contributed by atoms with E-state index in [1.54, 1.807) is 18.2 Å². The minimum atomic E-state index is -0.736. The van der Waals surface area contributed by atoms with E-state index in [4.69, 9.17) is 27.9 Å². The zero-order valence-corrected chi connectivity index (χ0v) is 12.6. The van der Waals surface area contributed by atoms with Crippen molar-refractivity contribution in [1.29, 1.82) is 0 Å². The van der Waals surface area contributed by atoms with Crippen molar-refractivity contribution in [3.05, 3.63) is 63.9 Å². The lowest BCUT2D eigenvalue weighted by Crippen LogP contribution is -2.21. The summed E-state index contributed by atoms with van der Waals surface area (Å²) in [6, 6.07) is 9.54. The van der Waals surface area contributed by atoms with Crippen LogP contribution >= 0.6 is 23.2 Å². The molecule has 7 heteroatoms. The molecule has 1 amide bonds. The summed E-state index contributed by atoms with van der Waals surface area (Å²) in [5, 5.41) is 2.99. The van der Waals surface area contributed by atoms with Crippen LogP contribution in [0.1, 0.15) is 10.4 Å². The molecule has 0 aromatic heterocycles. The number of carbonyl (C=O) groups is 2. The van der Waals surface area contributed by atoms with Gasteiger partial charge < -0.3 is 10.1 Å². The van der Waals surface area contributed by atoms with Crippen LogP contribution < -0.4 is 5.32 Å². The van der Waals surface area contributed by atoms with Crippen LogP contribution in [0.15, 0.2) is 42.5 Å². The number of anilines is 1. The van der Waals surface area contributed by atoms with Crippen LogP contribution in [0.2, 0.25) is 10.0 Å². The van der Waals surface area contributed by atoms with E-state index in [1.807, 2.05) is 0 Å². The van der Waals surface area contributed by atoms with Crippen LogP contribution in [0, 0.1) is 5.82 Å². The average Bonchev–Trinajstić information content (AvgIpc) is 2.49. The van der Waals surface area contributed by atoms with Crippen molar-refractivity contribution < 1.29 is 18.7 Å². The highest BCUT2D eigenvalue weighted by Gasteiger charge is 2.13. The van der Waals surface area contributed by atoms with Crippen molar-refractivity contribution in [2.45, 2.75) is 0 Å². The maximum Gasteiger partial charge on any atom is 0.338 e. The van der Waals surface area contributed by atoms with Gasteiger partial charge in [-0.15, -0.1) is 0 Å². The second-order valence-electron chi connectivity index (χ2n) is 4.23. The third-order valence-electron chi connectivity index (χ3n) is 2.64. The molecule has 0 unspecified atom stereocenters. The van der Waals surface area contributed by atoms with E-state index < -0.39 is 24.3 Å². The molecule has 2 aromatic rings. The highest BCUT2D eigenvalue weighted by molar-refractivity contribution is 6.39. The van der Waals surface area contributed by atoms with Crippen molar-refractivity contribution in [3.8, 4) is 0 Å². The molecular formula is C15H10Cl2FNO3. The molecule has 1 N–H and O–H groups in total. The third-order valence-corrected chi connectivity index (χ3v) is 3.27. The maximum absolute atomic E-state index is 12.7. The van der Waals surface area contributed by atoms with Gasteiger partial charge in [-0.3, -0.25) is 4.79 Å². The highest BCUT2D eigenvalue weighted by Crippen LogP contribution is 2.29. The van der Waals surface area contributed by atoms with Gasteiger partial charge >= 0.3 is 5.97 Å². The minimum Gasteiger partial charge on any atom is -0.452 e. The van der Waals surface area contributed by atoms with Crippen molar-refractivity contribution >= 4 is 40.8 Å². The number of benzene rings is 2. The lowest BCUT2D eigenvalue weighted by molar-refractivity contribution is -0.119. The van der Waals surface area contributed by atoms with E-state index in [-0.39, 0.29) is 21.3 Å². The molecule has 0 saturated carbocycles. The molecule has 2 rings (SSSR count). The third kappa shape index (κ3) is 4.19. The smallest absolute Gasteiger partial charge is 0.338 e. The molecule has 22 heavy (non-hydrogen) atoms. The number of halogens is 3. The zero-order chi connectivity index (χ0) is 16.1. The Morgan fingerprint density at radius 2 is 1.64 bits per heavy atom. The molecule has 114 valence electrons. The molecule has 0 aliphatic rings. The van der Waals surface area contributed by atoms with Crippen molar-refractivity contribution in [2.24, 2.45) is 0 Å². The number of esters is 1. The van der Waals surface area contributed by atoms with Crippen LogP contribution in [-0.4, -0.2) is 18.5 Å². The summed E-state index contributed by atoms with van der Waals surface area (Å²) in [5.74, 6) is -1.80. The number of ether oxygens (including phenoxy) is 1. The van der Waals surface area contributed by atoms with E-state index in [9.17, 15) is 14.0 Å². The lowest BCUT2D eigenvalue weighted by atomic mass is 10.2. The maximum atomic E-state index is 12.7. The SMILES string of the molecule is O=C(COC(=O)c1ccc(F)cc1)Nc1c(Cl)cccc1Cl. The molecule has 4 nitrogen and oxygen atoms in total. The van der Waals surface area contributed by atoms with Gasteiger partial charge in [0.25, 0.3) is 5.91 Å². The van der Waals surface area contributed by atoms with E-state index >= 15 is 0 Å². The highest BCUT2D eigenvalue weighted by atomic mass is 35.5. The number of hydrogen-bond acceptors (Lipinski definition) is 3. The Kier molecular flexibility index (Phi) is 5.35. The Morgan fingerprint density at radius 1 is 1.05 bits per heavy atom. The summed E-state index contributed by atoms with van der Waals surface area (Å²) < 4.78 is 17.6. The predicted octanol–water partition coefficient (Wildman–Crippen LogP) is 3.93. The summed E-state index contributed by atoms with van der Waals surface area (Å²) in [6.45, 7) is -0.516. The van der Waals surface area contributed by atoms with Gasteiger partial charge in [-0.1, -0.05) is 29.3 Å². The zero-order valence-electron chi connectivity index (χ0n) is 11.1. The van der Waals surface area contributed by atoms with Gasteiger partial charge in [0.05, 0.1) is 21.3 Å². The summed E-state index contributed by atoms with van der Waals surface area (Å²) in [7, 11) is 0. The quantitative estimate of drug-likeness (QED) is 0.857. The Bertz CT molecular complexity index is 684. The minimum absolute atomic E-state index is 0.143. The van der Waals surface area contributed by atoms with Gasteiger partial charge in [0.1, 0.15) is 5.82 Å². The fourth-order valence-corrected chi connectivity index (χ4v) is 2.09. The number of carbonyl (C=O) groups excluding carboxylic acids is 2. The van der Waals surface area contributed by atoms with Crippen LogP contribution in [0.4, 0.5) is 10.1 Å². The molecular weight excluding hydrogens is 332 g/mol. The molecule has 2 aromatic carbocycles. The van der Waals surface area contributed by atoms with Gasteiger partial charge in [-0.05, 0) is 36.4 Å². The lowest BCUT2D eigenvalue weighted by Gasteiger charge is -2.09. The van der Waals surface area contributed by atoms with E-state index in [0.717, 1.165) is 12.1 Å².